The highest BCUT2D eigenvalue weighted by Gasteiger charge is 2.82. The molecule has 2 bridgehead atoms. The van der Waals surface area contributed by atoms with E-state index in [9.17, 15) is 22.7 Å². The van der Waals surface area contributed by atoms with Crippen molar-refractivity contribution in [2.24, 2.45) is 5.41 Å². The van der Waals surface area contributed by atoms with E-state index in [0.29, 0.717) is 11.6 Å². The molecular weight excluding hydrogens is 518 g/mol. The van der Waals surface area contributed by atoms with Crippen LogP contribution in [0.3, 0.4) is 0 Å². The van der Waals surface area contributed by atoms with Crippen LogP contribution in [-0.4, -0.2) is 48.7 Å². The second kappa shape index (κ2) is 8.65. The highest BCUT2D eigenvalue weighted by molar-refractivity contribution is 5.42. The van der Waals surface area contributed by atoms with E-state index in [0.717, 1.165) is 23.1 Å². The molecule has 1 aromatic carbocycles. The Bertz CT molecular complexity index is 1360. The SMILES string of the molecule is N#CCC(F)(F)COc1ccc(C23CC(C(F)(F)C(O)(Cn4cnnn4)c4ccc(F)cc4F)(C2)C3)cn1. The van der Waals surface area contributed by atoms with E-state index in [4.69, 9.17) is 10.00 Å². The number of benzene rings is 1. The number of pyridine rings is 1. The first-order valence-electron chi connectivity index (χ1n) is 11.5. The second-order valence-electron chi connectivity index (χ2n) is 10.0. The normalized spacial score (nSPS) is 24.1. The molecule has 3 aliphatic carbocycles. The van der Waals surface area contributed by atoms with Crippen LogP contribution in [0.5, 0.6) is 5.88 Å². The summed E-state index contributed by atoms with van der Waals surface area (Å²) in [5.41, 5.74) is -5.67. The van der Waals surface area contributed by atoms with E-state index < -0.39 is 65.0 Å². The number of nitrogens with zero attached hydrogens (tertiary/aromatic N) is 6. The van der Waals surface area contributed by atoms with Gasteiger partial charge < -0.3 is 9.84 Å². The van der Waals surface area contributed by atoms with Crippen molar-refractivity contribution in [1.82, 2.24) is 25.2 Å². The van der Waals surface area contributed by atoms with Gasteiger partial charge in [0.25, 0.3) is 11.8 Å². The minimum Gasteiger partial charge on any atom is -0.471 e. The number of hydrogen-bond acceptors (Lipinski definition) is 7. The van der Waals surface area contributed by atoms with Gasteiger partial charge in [-0.1, -0.05) is 6.07 Å². The summed E-state index contributed by atoms with van der Waals surface area (Å²) in [6, 6.07) is 6.24. The molecule has 3 aromatic rings. The van der Waals surface area contributed by atoms with Gasteiger partial charge in [-0.15, -0.1) is 5.10 Å². The Balaban J connectivity index is 1.36. The third-order valence-corrected chi connectivity index (χ3v) is 7.49. The van der Waals surface area contributed by atoms with Crippen LogP contribution in [0, 0.1) is 28.4 Å². The van der Waals surface area contributed by atoms with Crippen molar-refractivity contribution < 1.29 is 36.2 Å². The average molecular weight is 538 g/mol. The third kappa shape index (κ3) is 3.96. The smallest absolute Gasteiger partial charge is 0.294 e. The highest BCUT2D eigenvalue weighted by Crippen LogP contribution is 2.80. The Labute approximate surface area is 211 Å². The number of rotatable bonds is 10. The quantitative estimate of drug-likeness (QED) is 0.390. The number of hydrogen-bond donors (Lipinski definition) is 1. The Morgan fingerprint density at radius 3 is 2.42 bits per heavy atom. The molecule has 1 atom stereocenters. The first-order valence-corrected chi connectivity index (χ1v) is 11.5. The maximum absolute atomic E-state index is 16.2. The molecule has 38 heavy (non-hydrogen) atoms. The summed E-state index contributed by atoms with van der Waals surface area (Å²) in [6.45, 7) is -1.92. The molecule has 0 aliphatic heterocycles. The Morgan fingerprint density at radius 2 is 1.84 bits per heavy atom. The monoisotopic (exact) mass is 538 g/mol. The van der Waals surface area contributed by atoms with Gasteiger partial charge in [-0.05, 0) is 52.8 Å². The minimum atomic E-state index is -3.88. The molecule has 0 radical (unpaired) electrons. The Kier molecular flexibility index (Phi) is 5.90. The van der Waals surface area contributed by atoms with Crippen LogP contribution in [-0.2, 0) is 17.6 Å². The van der Waals surface area contributed by atoms with Gasteiger partial charge in [0.2, 0.25) is 5.88 Å². The maximum Gasteiger partial charge on any atom is 0.294 e. The van der Waals surface area contributed by atoms with E-state index in [1.54, 1.807) is 6.07 Å². The van der Waals surface area contributed by atoms with Gasteiger partial charge >= 0.3 is 0 Å². The van der Waals surface area contributed by atoms with Crippen LogP contribution in [0.15, 0.2) is 42.9 Å². The second-order valence-corrected chi connectivity index (χ2v) is 10.0. The van der Waals surface area contributed by atoms with Gasteiger partial charge in [-0.25, -0.2) is 36.0 Å². The van der Waals surface area contributed by atoms with Crippen molar-refractivity contribution in [3.05, 3.63) is 65.6 Å². The lowest BCUT2D eigenvalue weighted by Crippen LogP contribution is -2.76. The van der Waals surface area contributed by atoms with Crippen LogP contribution in [0.2, 0.25) is 0 Å². The number of nitriles is 1. The zero-order chi connectivity index (χ0) is 27.4. The summed E-state index contributed by atoms with van der Waals surface area (Å²) < 4.78 is 93.4. The fourth-order valence-electron chi connectivity index (χ4n) is 5.66. The molecule has 8 nitrogen and oxygen atoms in total. The van der Waals surface area contributed by atoms with Crippen molar-refractivity contribution in [2.75, 3.05) is 6.61 Å². The van der Waals surface area contributed by atoms with E-state index in [1.807, 2.05) is 0 Å². The molecule has 3 saturated carbocycles. The average Bonchev–Trinajstić information content (AvgIpc) is 3.29. The standard InChI is InChI=1S/C24H20F6N6O2/c25-16-2-3-17(18(26)7-16)23(37,12-36-14-33-34-35-36)24(29,30)21-9-20(10-21,11-21)15-1-4-19(32-8-15)38-13-22(27,28)5-6-31/h1-4,7-8,14,37H,5,9-13H2. The number of aromatic nitrogens is 5. The van der Waals surface area contributed by atoms with Crippen molar-refractivity contribution in [2.45, 2.75) is 55.1 Å². The fraction of sp³-hybridized carbons (Fsp3) is 0.458. The Morgan fingerprint density at radius 1 is 1.11 bits per heavy atom. The van der Waals surface area contributed by atoms with Crippen LogP contribution >= 0.6 is 0 Å². The third-order valence-electron chi connectivity index (χ3n) is 7.49. The molecule has 1 unspecified atom stereocenters. The summed E-state index contributed by atoms with van der Waals surface area (Å²) >= 11 is 0. The first kappa shape index (κ1) is 25.9. The zero-order valence-electron chi connectivity index (χ0n) is 19.6. The fourth-order valence-corrected chi connectivity index (χ4v) is 5.66. The van der Waals surface area contributed by atoms with E-state index in [1.165, 1.54) is 18.3 Å². The minimum absolute atomic E-state index is 0.0597. The van der Waals surface area contributed by atoms with Gasteiger partial charge in [-0.3, -0.25) is 0 Å². The molecule has 0 amide bonds. The molecule has 2 heterocycles. The molecule has 1 N–H and O–H groups in total. The largest absolute Gasteiger partial charge is 0.471 e. The molecule has 0 spiro atoms. The Hall–Kier alpha value is -3.73. The van der Waals surface area contributed by atoms with E-state index >= 15 is 8.78 Å². The summed E-state index contributed by atoms with van der Waals surface area (Å²) in [5, 5.41) is 30.1. The van der Waals surface area contributed by atoms with Gasteiger partial charge in [0.15, 0.2) is 12.2 Å². The lowest BCUT2D eigenvalue weighted by atomic mass is 9.30. The van der Waals surface area contributed by atoms with Crippen molar-refractivity contribution >= 4 is 0 Å². The lowest BCUT2D eigenvalue weighted by Gasteiger charge is -2.74. The molecule has 0 saturated heterocycles. The number of aliphatic hydroxyl groups is 1. The summed E-state index contributed by atoms with van der Waals surface area (Å²) in [6.07, 6.45) is 1.16. The molecule has 6 rings (SSSR count). The van der Waals surface area contributed by atoms with Crippen molar-refractivity contribution in [3.63, 3.8) is 0 Å². The molecule has 200 valence electrons. The molecular formula is C24H20F6N6O2. The summed E-state index contributed by atoms with van der Waals surface area (Å²) in [5.74, 6) is -9.65. The number of tetrazole rings is 1. The van der Waals surface area contributed by atoms with Crippen LogP contribution in [0.1, 0.15) is 36.8 Å². The predicted octanol–water partition coefficient (Wildman–Crippen LogP) is 3.92. The first-order chi connectivity index (χ1) is 17.9. The summed E-state index contributed by atoms with van der Waals surface area (Å²) in [4.78, 5) is 3.98. The molecule has 2 aromatic heterocycles. The van der Waals surface area contributed by atoms with Crippen LogP contribution in [0.25, 0.3) is 0 Å². The molecule has 14 heteroatoms. The maximum atomic E-state index is 16.2. The van der Waals surface area contributed by atoms with Crippen molar-refractivity contribution in [1.29, 1.82) is 5.26 Å². The lowest BCUT2D eigenvalue weighted by molar-refractivity contribution is -0.347. The molecule has 3 fully saturated rings. The van der Waals surface area contributed by atoms with E-state index in [-0.39, 0.29) is 25.1 Å². The number of halogens is 6. The van der Waals surface area contributed by atoms with Crippen LogP contribution < -0.4 is 4.74 Å². The van der Waals surface area contributed by atoms with Crippen LogP contribution in [0.4, 0.5) is 26.3 Å². The van der Waals surface area contributed by atoms with Gasteiger partial charge in [0.1, 0.15) is 24.4 Å². The van der Waals surface area contributed by atoms with E-state index in [2.05, 4.69) is 20.5 Å². The van der Waals surface area contributed by atoms with Gasteiger partial charge in [0, 0.05) is 29.3 Å². The number of alkyl halides is 4. The molecule has 3 aliphatic rings. The summed E-state index contributed by atoms with van der Waals surface area (Å²) in [7, 11) is 0. The topological polar surface area (TPSA) is 110 Å². The van der Waals surface area contributed by atoms with Crippen molar-refractivity contribution in [3.8, 4) is 11.9 Å². The zero-order valence-corrected chi connectivity index (χ0v) is 19.6. The number of ether oxygens (including phenoxy) is 1. The van der Waals surface area contributed by atoms with Gasteiger partial charge in [-0.2, -0.15) is 5.26 Å². The van der Waals surface area contributed by atoms with Gasteiger partial charge in [0.05, 0.1) is 12.6 Å². The predicted molar refractivity (Wildman–Crippen MR) is 116 cm³/mol. The highest BCUT2D eigenvalue weighted by atomic mass is 19.3.